The van der Waals surface area contributed by atoms with Crippen LogP contribution in [0.4, 0.5) is 0 Å². The fourth-order valence-electron chi connectivity index (χ4n) is 5.38. The van der Waals surface area contributed by atoms with E-state index in [1.54, 1.807) is 4.31 Å². The molecule has 1 saturated carbocycles. The molecule has 0 bridgehead atoms. The summed E-state index contributed by atoms with van der Waals surface area (Å²) in [6.45, 7) is 5.65. The number of carbonyl (C=O) groups excluding carboxylic acids is 1. The molecule has 1 aromatic carbocycles. The number of rotatable bonds is 10. The zero-order valence-electron chi connectivity index (χ0n) is 20.7. The first-order chi connectivity index (χ1) is 16.2. The van der Waals surface area contributed by atoms with Crippen LogP contribution in [0.15, 0.2) is 24.3 Å². The van der Waals surface area contributed by atoms with Gasteiger partial charge in [-0.2, -0.15) is 0 Å². The van der Waals surface area contributed by atoms with Crippen molar-refractivity contribution in [3.05, 3.63) is 34.9 Å². The van der Waals surface area contributed by atoms with E-state index in [-0.39, 0.29) is 11.9 Å². The van der Waals surface area contributed by atoms with Crippen molar-refractivity contribution in [1.29, 1.82) is 0 Å². The number of amides is 1. The van der Waals surface area contributed by atoms with Crippen LogP contribution in [0.25, 0.3) is 0 Å². The molecule has 1 amide bonds. The minimum Gasteiger partial charge on any atom is -0.339 e. The highest BCUT2D eigenvalue weighted by molar-refractivity contribution is 7.88. The highest BCUT2D eigenvalue weighted by atomic mass is 35.5. The molecule has 1 aliphatic heterocycles. The molecule has 9 heteroatoms. The monoisotopic (exact) mass is 512 g/mol. The van der Waals surface area contributed by atoms with E-state index in [1.165, 1.54) is 38.4 Å². The maximum absolute atomic E-state index is 13.0. The summed E-state index contributed by atoms with van der Waals surface area (Å²) in [4.78, 5) is 17.3. The van der Waals surface area contributed by atoms with E-state index in [4.69, 9.17) is 17.3 Å². The van der Waals surface area contributed by atoms with Crippen LogP contribution >= 0.6 is 11.6 Å². The Balaban J connectivity index is 1.59. The predicted molar refractivity (Wildman–Crippen MR) is 138 cm³/mol. The van der Waals surface area contributed by atoms with E-state index in [0.29, 0.717) is 43.5 Å². The third-order valence-corrected chi connectivity index (χ3v) is 8.99. The van der Waals surface area contributed by atoms with Crippen molar-refractivity contribution >= 4 is 27.5 Å². The molecule has 1 saturated heterocycles. The highest BCUT2D eigenvalue weighted by Gasteiger charge is 2.32. The molecule has 0 radical (unpaired) electrons. The van der Waals surface area contributed by atoms with Crippen LogP contribution in [0.2, 0.25) is 5.02 Å². The minimum atomic E-state index is -3.24. The fraction of sp³-hybridized carbons (Fsp3) is 0.720. The van der Waals surface area contributed by atoms with E-state index in [0.717, 1.165) is 25.1 Å². The molecule has 2 fully saturated rings. The highest BCUT2D eigenvalue weighted by Crippen LogP contribution is 2.29. The van der Waals surface area contributed by atoms with Gasteiger partial charge in [0.25, 0.3) is 0 Å². The summed E-state index contributed by atoms with van der Waals surface area (Å²) in [6.07, 6.45) is 9.13. The Bertz CT molecular complexity index is 882. The Morgan fingerprint density at radius 1 is 1.12 bits per heavy atom. The fourth-order valence-corrected chi connectivity index (χ4v) is 6.42. The number of nitrogens with two attached hydrogens (primary N) is 1. The van der Waals surface area contributed by atoms with Gasteiger partial charge in [-0.1, -0.05) is 62.8 Å². The van der Waals surface area contributed by atoms with Crippen molar-refractivity contribution in [2.75, 3.05) is 45.5 Å². The minimum absolute atomic E-state index is 0.0234. The molecule has 192 valence electrons. The van der Waals surface area contributed by atoms with Crippen molar-refractivity contribution < 1.29 is 13.2 Å². The van der Waals surface area contributed by atoms with Gasteiger partial charge in [0, 0.05) is 50.3 Å². The largest absolute Gasteiger partial charge is 0.339 e. The molecule has 1 aliphatic carbocycles. The molecule has 2 N–H and O–H groups in total. The lowest BCUT2D eigenvalue weighted by atomic mass is 9.84. The van der Waals surface area contributed by atoms with Crippen LogP contribution in [0.1, 0.15) is 51.0 Å². The SMILES string of the molecule is CCN(CC(CC1CCCCC1)N1CCN(C(=O)C(N)Cc2ccc(Cl)cc2)CC1)S(C)(=O)=O. The Hall–Kier alpha value is -1.19. The van der Waals surface area contributed by atoms with Crippen LogP contribution in [-0.4, -0.2) is 86.0 Å². The van der Waals surface area contributed by atoms with Crippen molar-refractivity contribution in [1.82, 2.24) is 14.1 Å². The number of hydrogen-bond acceptors (Lipinski definition) is 5. The van der Waals surface area contributed by atoms with Gasteiger partial charge in [0.05, 0.1) is 12.3 Å². The lowest BCUT2D eigenvalue weighted by molar-refractivity contribution is -0.134. The molecule has 1 aromatic rings. The summed E-state index contributed by atoms with van der Waals surface area (Å²) in [5.74, 6) is 0.634. The normalized spacial score (nSPS) is 20.4. The topological polar surface area (TPSA) is 86.9 Å². The van der Waals surface area contributed by atoms with Crippen molar-refractivity contribution in [3.63, 3.8) is 0 Å². The van der Waals surface area contributed by atoms with Crippen LogP contribution in [-0.2, 0) is 21.2 Å². The van der Waals surface area contributed by atoms with E-state index in [1.807, 2.05) is 36.1 Å². The number of carbonyl (C=O) groups is 1. The van der Waals surface area contributed by atoms with E-state index < -0.39 is 16.1 Å². The number of halogens is 1. The molecule has 1 heterocycles. The first-order valence-corrected chi connectivity index (χ1v) is 14.9. The first kappa shape index (κ1) is 27.4. The van der Waals surface area contributed by atoms with Gasteiger partial charge in [-0.15, -0.1) is 0 Å². The summed E-state index contributed by atoms with van der Waals surface area (Å²) in [7, 11) is -3.24. The molecule has 0 spiro atoms. The Morgan fingerprint density at radius 2 is 1.74 bits per heavy atom. The van der Waals surface area contributed by atoms with Crippen LogP contribution < -0.4 is 5.73 Å². The maximum Gasteiger partial charge on any atom is 0.239 e. The average Bonchev–Trinajstić information content (AvgIpc) is 2.82. The van der Waals surface area contributed by atoms with Gasteiger partial charge in [0.1, 0.15) is 0 Å². The van der Waals surface area contributed by atoms with Crippen LogP contribution in [0, 0.1) is 5.92 Å². The second-order valence-corrected chi connectivity index (χ2v) is 12.3. The molecule has 34 heavy (non-hydrogen) atoms. The Kier molecular flexibility index (Phi) is 10.2. The molecule has 7 nitrogen and oxygen atoms in total. The molecular formula is C25H41ClN4O3S. The third kappa shape index (κ3) is 7.92. The van der Waals surface area contributed by atoms with Gasteiger partial charge in [0.2, 0.25) is 15.9 Å². The second-order valence-electron chi connectivity index (χ2n) is 9.91. The number of hydrogen-bond donors (Lipinski definition) is 1. The van der Waals surface area contributed by atoms with Crippen LogP contribution in [0.5, 0.6) is 0 Å². The van der Waals surface area contributed by atoms with Crippen LogP contribution in [0.3, 0.4) is 0 Å². The number of likely N-dealkylation sites (N-methyl/N-ethyl adjacent to an activating group) is 1. The molecule has 3 rings (SSSR count). The Labute approximate surface area is 210 Å². The van der Waals surface area contributed by atoms with Crippen molar-refractivity contribution in [3.8, 4) is 0 Å². The van der Waals surface area contributed by atoms with Gasteiger partial charge in [-0.3, -0.25) is 9.69 Å². The van der Waals surface area contributed by atoms with Gasteiger partial charge in [-0.05, 0) is 36.5 Å². The zero-order valence-corrected chi connectivity index (χ0v) is 22.2. The number of benzene rings is 1. The summed E-state index contributed by atoms with van der Waals surface area (Å²) < 4.78 is 26.2. The quantitative estimate of drug-likeness (QED) is 0.520. The molecular weight excluding hydrogens is 472 g/mol. The molecule has 2 atom stereocenters. The average molecular weight is 513 g/mol. The standard InChI is InChI=1S/C25H41ClN4O3S/c1-3-30(34(2,32)33)19-23(17-20-7-5-4-6-8-20)28-13-15-29(16-14-28)25(31)24(27)18-21-9-11-22(26)12-10-21/h9-12,20,23-24H,3-8,13-19,27H2,1-2H3. The summed E-state index contributed by atoms with van der Waals surface area (Å²) in [6, 6.07) is 7.05. The third-order valence-electron chi connectivity index (χ3n) is 7.39. The molecule has 2 unspecified atom stereocenters. The summed E-state index contributed by atoms with van der Waals surface area (Å²) >= 11 is 5.95. The summed E-state index contributed by atoms with van der Waals surface area (Å²) in [5, 5.41) is 0.667. The lowest BCUT2D eigenvalue weighted by Gasteiger charge is -2.42. The number of piperazine rings is 1. The molecule has 2 aliphatic rings. The Morgan fingerprint density at radius 3 is 2.29 bits per heavy atom. The van der Waals surface area contributed by atoms with Crippen molar-refractivity contribution in [2.45, 2.75) is 64.0 Å². The first-order valence-electron chi connectivity index (χ1n) is 12.6. The van der Waals surface area contributed by atoms with Gasteiger partial charge < -0.3 is 10.6 Å². The smallest absolute Gasteiger partial charge is 0.239 e. The zero-order chi connectivity index (χ0) is 24.7. The second kappa shape index (κ2) is 12.7. The van der Waals surface area contributed by atoms with Gasteiger partial charge in [-0.25, -0.2) is 12.7 Å². The number of nitrogens with zero attached hydrogens (tertiary/aromatic N) is 3. The van der Waals surface area contributed by atoms with Gasteiger partial charge in [0.15, 0.2) is 0 Å². The van der Waals surface area contributed by atoms with E-state index >= 15 is 0 Å². The van der Waals surface area contributed by atoms with E-state index in [9.17, 15) is 13.2 Å². The maximum atomic E-state index is 13.0. The predicted octanol–water partition coefficient (Wildman–Crippen LogP) is 2.97. The molecule has 0 aromatic heterocycles. The van der Waals surface area contributed by atoms with Gasteiger partial charge >= 0.3 is 0 Å². The number of sulfonamides is 1. The summed E-state index contributed by atoms with van der Waals surface area (Å²) in [5.41, 5.74) is 7.25. The van der Waals surface area contributed by atoms with E-state index in [2.05, 4.69) is 4.90 Å². The van der Waals surface area contributed by atoms with Crippen molar-refractivity contribution in [2.24, 2.45) is 11.7 Å². The lowest BCUT2D eigenvalue weighted by Crippen LogP contribution is -2.57.